The summed E-state index contributed by atoms with van der Waals surface area (Å²) in [6, 6.07) is 16.3. The van der Waals surface area contributed by atoms with E-state index in [1.54, 1.807) is 24.3 Å². The number of nitrogens with one attached hydrogen (secondary N) is 2. The third-order valence-electron chi connectivity index (χ3n) is 7.64. The average molecular weight is 691 g/mol. The Kier molecular flexibility index (Phi) is 12.6. The van der Waals surface area contributed by atoms with Crippen molar-refractivity contribution in [2.75, 3.05) is 30.8 Å². The van der Waals surface area contributed by atoms with Gasteiger partial charge in [0.1, 0.15) is 0 Å². The summed E-state index contributed by atoms with van der Waals surface area (Å²) in [5.41, 5.74) is 10.5. The van der Waals surface area contributed by atoms with Crippen LogP contribution < -0.4 is 16.4 Å². The molecule has 1 fully saturated rings. The van der Waals surface area contributed by atoms with Gasteiger partial charge in [-0.2, -0.15) is 0 Å². The van der Waals surface area contributed by atoms with Crippen LogP contribution in [0.4, 0.5) is 17.1 Å². The molecule has 7 nitrogen and oxygen atoms in total. The molecular weight excluding hydrogens is 653 g/mol. The molecule has 0 aliphatic heterocycles. The third kappa shape index (κ3) is 9.11. The summed E-state index contributed by atoms with van der Waals surface area (Å²) in [5.74, 6) is -0.360. The first-order valence-electron chi connectivity index (χ1n) is 14.7. The number of ether oxygens (including phenoxy) is 2. The molecule has 1 aliphatic carbocycles. The van der Waals surface area contributed by atoms with Crippen molar-refractivity contribution in [1.29, 1.82) is 0 Å². The van der Waals surface area contributed by atoms with Gasteiger partial charge in [0.25, 0.3) is 0 Å². The van der Waals surface area contributed by atoms with Gasteiger partial charge in [-0.05, 0) is 82.7 Å². The van der Waals surface area contributed by atoms with Gasteiger partial charge in [-0.15, -0.1) is 0 Å². The lowest BCUT2D eigenvalue weighted by molar-refractivity contribution is -0.143. The van der Waals surface area contributed by atoms with E-state index in [0.717, 1.165) is 30.5 Å². The molecule has 4 rings (SSSR count). The molecule has 1 unspecified atom stereocenters. The number of benzene rings is 3. The van der Waals surface area contributed by atoms with Crippen LogP contribution in [-0.4, -0.2) is 31.7 Å². The lowest BCUT2D eigenvalue weighted by Gasteiger charge is -2.32. The number of para-hydroxylation sites is 2. The van der Waals surface area contributed by atoms with Gasteiger partial charge in [0.05, 0.1) is 46.6 Å². The highest BCUT2D eigenvalue weighted by Crippen LogP contribution is 2.39. The molecule has 43 heavy (non-hydrogen) atoms. The van der Waals surface area contributed by atoms with Crippen molar-refractivity contribution in [3.05, 3.63) is 85.8 Å². The standard InChI is InChI=1S/C33H38BrCl2N3O4/c1-2-38-31(21-10-4-3-5-11-21)24-18-23(19-25(34)30(24)37)33(41)43-17-9-16-42-29(40)20-22-12-6-7-15-28(22)39-32-26(35)13-8-14-27(32)36/h6-8,12-15,18-19,21,31,38-39H,2-5,9-11,16-17,20,37H2,1H3. The topological polar surface area (TPSA) is 103 Å². The number of carbonyl (C=O) groups excluding carboxylic acids is 2. The van der Waals surface area contributed by atoms with Crippen LogP contribution in [0.2, 0.25) is 10.0 Å². The number of nitrogens with two attached hydrogens (primary N) is 1. The first kappa shape index (κ1) is 33.1. The quantitative estimate of drug-likeness (QED) is 0.0937. The fourth-order valence-corrected chi connectivity index (χ4v) is 6.45. The number of nitrogen functional groups attached to an aromatic ring is 1. The molecule has 0 aromatic heterocycles. The van der Waals surface area contributed by atoms with Crippen LogP contribution in [0.3, 0.4) is 0 Å². The Hall–Kier alpha value is -2.78. The highest BCUT2D eigenvalue weighted by molar-refractivity contribution is 9.10. The number of rotatable bonds is 13. The number of hydrogen-bond acceptors (Lipinski definition) is 7. The summed E-state index contributed by atoms with van der Waals surface area (Å²) in [7, 11) is 0. The molecule has 3 aromatic carbocycles. The van der Waals surface area contributed by atoms with Crippen molar-refractivity contribution in [3.8, 4) is 0 Å². The van der Waals surface area contributed by atoms with Crippen molar-refractivity contribution in [3.63, 3.8) is 0 Å². The Balaban J connectivity index is 1.29. The minimum Gasteiger partial charge on any atom is -0.465 e. The van der Waals surface area contributed by atoms with E-state index in [2.05, 4.69) is 33.5 Å². The van der Waals surface area contributed by atoms with Gasteiger partial charge in [0, 0.05) is 22.6 Å². The summed E-state index contributed by atoms with van der Waals surface area (Å²) >= 11 is 16.1. The maximum Gasteiger partial charge on any atom is 0.338 e. The molecule has 0 amide bonds. The lowest BCUT2D eigenvalue weighted by atomic mass is 9.80. The summed E-state index contributed by atoms with van der Waals surface area (Å²) in [6.07, 6.45) is 6.39. The molecule has 3 aromatic rings. The van der Waals surface area contributed by atoms with Crippen LogP contribution >= 0.6 is 39.1 Å². The Morgan fingerprint density at radius 3 is 2.42 bits per heavy atom. The monoisotopic (exact) mass is 689 g/mol. The first-order valence-corrected chi connectivity index (χ1v) is 16.3. The molecule has 230 valence electrons. The van der Waals surface area contributed by atoms with Crippen molar-refractivity contribution in [2.45, 2.75) is 57.9 Å². The normalized spacial score (nSPS) is 14.2. The number of halogens is 3. The predicted molar refractivity (Wildman–Crippen MR) is 177 cm³/mol. The molecule has 4 N–H and O–H groups in total. The molecule has 1 atom stereocenters. The highest BCUT2D eigenvalue weighted by atomic mass is 79.9. The van der Waals surface area contributed by atoms with E-state index < -0.39 is 11.9 Å². The molecule has 0 saturated heterocycles. The van der Waals surface area contributed by atoms with Crippen LogP contribution in [0.25, 0.3) is 0 Å². The molecular formula is C33H38BrCl2N3O4. The molecule has 0 radical (unpaired) electrons. The third-order valence-corrected chi connectivity index (χ3v) is 8.92. The summed E-state index contributed by atoms with van der Waals surface area (Å²) in [4.78, 5) is 25.5. The second-order valence-electron chi connectivity index (χ2n) is 10.7. The van der Waals surface area contributed by atoms with Crippen molar-refractivity contribution >= 4 is 68.1 Å². The molecule has 0 bridgehead atoms. The van der Waals surface area contributed by atoms with Gasteiger partial charge >= 0.3 is 11.9 Å². The van der Waals surface area contributed by atoms with Crippen LogP contribution in [0.1, 0.15) is 73.0 Å². The van der Waals surface area contributed by atoms with E-state index in [-0.39, 0.29) is 25.7 Å². The maximum absolute atomic E-state index is 13.0. The largest absolute Gasteiger partial charge is 0.465 e. The second kappa shape index (κ2) is 16.3. The number of anilines is 3. The van der Waals surface area contributed by atoms with Crippen LogP contribution in [0.15, 0.2) is 59.1 Å². The predicted octanol–water partition coefficient (Wildman–Crippen LogP) is 8.65. The number of hydrogen-bond donors (Lipinski definition) is 3. The Labute approximate surface area is 271 Å². The fourth-order valence-electron chi connectivity index (χ4n) is 5.48. The van der Waals surface area contributed by atoms with Crippen LogP contribution in [-0.2, 0) is 20.7 Å². The highest BCUT2D eigenvalue weighted by Gasteiger charge is 2.28. The summed E-state index contributed by atoms with van der Waals surface area (Å²) < 4.78 is 11.6. The number of carbonyl (C=O) groups is 2. The van der Waals surface area contributed by atoms with E-state index in [4.69, 9.17) is 38.4 Å². The summed E-state index contributed by atoms with van der Waals surface area (Å²) in [5, 5.41) is 7.76. The Morgan fingerprint density at radius 2 is 1.70 bits per heavy atom. The average Bonchev–Trinajstić information content (AvgIpc) is 3.00. The van der Waals surface area contributed by atoms with E-state index in [1.165, 1.54) is 19.3 Å². The molecule has 0 heterocycles. The zero-order valence-electron chi connectivity index (χ0n) is 24.3. The van der Waals surface area contributed by atoms with Crippen molar-refractivity contribution < 1.29 is 19.1 Å². The minimum atomic E-state index is -0.439. The van der Waals surface area contributed by atoms with Gasteiger partial charge in [-0.1, -0.05) is 73.7 Å². The Bertz CT molecular complexity index is 1390. The number of esters is 2. The zero-order valence-corrected chi connectivity index (χ0v) is 27.4. The van der Waals surface area contributed by atoms with Gasteiger partial charge < -0.3 is 25.8 Å². The molecule has 1 saturated carbocycles. The van der Waals surface area contributed by atoms with Crippen LogP contribution in [0.5, 0.6) is 0 Å². The lowest BCUT2D eigenvalue weighted by Crippen LogP contribution is -2.30. The van der Waals surface area contributed by atoms with E-state index >= 15 is 0 Å². The SMILES string of the molecule is CCNC(c1cc(C(=O)OCCCOC(=O)Cc2ccccc2Nc2c(Cl)cccc2Cl)cc(Br)c1N)C1CCCCC1. The maximum atomic E-state index is 13.0. The van der Waals surface area contributed by atoms with Gasteiger partial charge in [0.2, 0.25) is 0 Å². The molecule has 10 heteroatoms. The van der Waals surface area contributed by atoms with Crippen molar-refractivity contribution in [2.24, 2.45) is 5.92 Å². The zero-order chi connectivity index (χ0) is 30.8. The Morgan fingerprint density at radius 1 is 1.00 bits per heavy atom. The molecule has 0 spiro atoms. The second-order valence-corrected chi connectivity index (χ2v) is 12.3. The fraction of sp³-hybridized carbons (Fsp3) is 0.394. The molecule has 1 aliphatic rings. The van der Waals surface area contributed by atoms with E-state index in [1.807, 2.05) is 30.3 Å². The van der Waals surface area contributed by atoms with Crippen molar-refractivity contribution in [1.82, 2.24) is 5.32 Å². The summed E-state index contributed by atoms with van der Waals surface area (Å²) in [6.45, 7) is 3.13. The minimum absolute atomic E-state index is 0.0568. The van der Waals surface area contributed by atoms with Gasteiger partial charge in [-0.3, -0.25) is 4.79 Å². The smallest absolute Gasteiger partial charge is 0.338 e. The van der Waals surface area contributed by atoms with Gasteiger partial charge in [0.15, 0.2) is 0 Å². The first-order chi connectivity index (χ1) is 20.8. The van der Waals surface area contributed by atoms with E-state index in [0.29, 0.717) is 49.5 Å². The van der Waals surface area contributed by atoms with Gasteiger partial charge in [-0.25, -0.2) is 4.79 Å². The van der Waals surface area contributed by atoms with Crippen LogP contribution in [0, 0.1) is 5.92 Å². The van der Waals surface area contributed by atoms with E-state index in [9.17, 15) is 9.59 Å².